The lowest BCUT2D eigenvalue weighted by Gasteiger charge is -2.08. The van der Waals surface area contributed by atoms with E-state index in [0.717, 1.165) is 12.3 Å². The number of aromatic amines is 1. The molecule has 94 valence electrons. The lowest BCUT2D eigenvalue weighted by Crippen LogP contribution is -2.08. The summed E-state index contributed by atoms with van der Waals surface area (Å²) in [6.07, 6.45) is -2.05. The van der Waals surface area contributed by atoms with Crippen molar-refractivity contribution in [2.24, 2.45) is 5.10 Å². The van der Waals surface area contributed by atoms with E-state index < -0.39 is 11.7 Å². The van der Waals surface area contributed by atoms with Crippen LogP contribution in [0, 0.1) is 4.77 Å². The molecule has 0 aliphatic heterocycles. The van der Waals surface area contributed by atoms with E-state index in [9.17, 15) is 13.2 Å². The molecule has 0 amide bonds. The minimum atomic E-state index is -4.42. The van der Waals surface area contributed by atoms with Crippen LogP contribution in [0.3, 0.4) is 0 Å². The van der Waals surface area contributed by atoms with E-state index in [4.69, 9.17) is 12.2 Å². The van der Waals surface area contributed by atoms with Crippen LogP contribution in [0.4, 0.5) is 13.2 Å². The van der Waals surface area contributed by atoms with Crippen LogP contribution < -0.4 is 0 Å². The first-order valence-corrected chi connectivity index (χ1v) is 5.22. The molecular formula is C10H7F3N4S. The number of halogens is 3. The number of benzene rings is 1. The second-order valence-electron chi connectivity index (χ2n) is 3.34. The van der Waals surface area contributed by atoms with Crippen LogP contribution >= 0.6 is 12.2 Å². The van der Waals surface area contributed by atoms with E-state index in [-0.39, 0.29) is 10.3 Å². The van der Waals surface area contributed by atoms with E-state index in [1.165, 1.54) is 29.2 Å². The number of aromatic nitrogens is 3. The lowest BCUT2D eigenvalue weighted by molar-refractivity contribution is -0.137. The molecule has 0 aliphatic rings. The molecule has 2 aromatic rings. The van der Waals surface area contributed by atoms with Crippen molar-refractivity contribution in [2.45, 2.75) is 6.18 Å². The number of nitrogens with one attached hydrogen (secondary N) is 1. The van der Waals surface area contributed by atoms with Crippen LogP contribution in [-0.2, 0) is 6.18 Å². The highest BCUT2D eigenvalue weighted by molar-refractivity contribution is 7.71. The summed E-state index contributed by atoms with van der Waals surface area (Å²) in [5, 5.41) is 9.85. The lowest BCUT2D eigenvalue weighted by atomic mass is 10.1. The number of rotatable bonds is 2. The zero-order valence-corrected chi connectivity index (χ0v) is 9.66. The van der Waals surface area contributed by atoms with Crippen molar-refractivity contribution in [3.63, 3.8) is 0 Å². The van der Waals surface area contributed by atoms with Crippen molar-refractivity contribution in [1.29, 1.82) is 0 Å². The monoisotopic (exact) mass is 272 g/mol. The molecule has 0 saturated carbocycles. The Bertz CT molecular complexity index is 626. The van der Waals surface area contributed by atoms with Gasteiger partial charge in [0.05, 0.1) is 11.8 Å². The zero-order valence-electron chi connectivity index (χ0n) is 8.85. The fourth-order valence-electron chi connectivity index (χ4n) is 1.32. The third-order valence-corrected chi connectivity index (χ3v) is 2.40. The van der Waals surface area contributed by atoms with Gasteiger partial charge in [0.2, 0.25) is 4.77 Å². The molecule has 0 spiro atoms. The van der Waals surface area contributed by atoms with Crippen molar-refractivity contribution < 1.29 is 13.2 Å². The molecule has 0 aliphatic carbocycles. The normalized spacial score (nSPS) is 12.2. The molecule has 18 heavy (non-hydrogen) atoms. The fourth-order valence-corrected chi connectivity index (χ4v) is 1.46. The molecule has 0 unspecified atom stereocenters. The van der Waals surface area contributed by atoms with Gasteiger partial charge in [0.1, 0.15) is 6.33 Å². The SMILES string of the molecule is FC(F)(F)c1ccccc1C=Nn1cn[nH]c1=S. The largest absolute Gasteiger partial charge is 0.417 e. The van der Waals surface area contributed by atoms with Gasteiger partial charge in [-0.25, -0.2) is 0 Å². The summed E-state index contributed by atoms with van der Waals surface area (Å²) in [6, 6.07) is 5.15. The molecule has 4 nitrogen and oxygen atoms in total. The molecule has 0 fully saturated rings. The topological polar surface area (TPSA) is 46.0 Å². The van der Waals surface area contributed by atoms with Gasteiger partial charge >= 0.3 is 6.18 Å². The summed E-state index contributed by atoms with van der Waals surface area (Å²) in [5.74, 6) is 0. The molecule has 0 bridgehead atoms. The van der Waals surface area contributed by atoms with Crippen LogP contribution in [0.1, 0.15) is 11.1 Å². The highest BCUT2D eigenvalue weighted by atomic mass is 32.1. The molecule has 8 heteroatoms. The van der Waals surface area contributed by atoms with Gasteiger partial charge in [-0.15, -0.1) is 0 Å². The molecule has 0 atom stereocenters. The first kappa shape index (κ1) is 12.5. The molecule has 2 rings (SSSR count). The van der Waals surface area contributed by atoms with Gasteiger partial charge in [-0.05, 0) is 18.3 Å². The van der Waals surface area contributed by atoms with Crippen molar-refractivity contribution in [2.75, 3.05) is 0 Å². The summed E-state index contributed by atoms with van der Waals surface area (Å²) in [4.78, 5) is 0. The quantitative estimate of drug-likeness (QED) is 0.675. The van der Waals surface area contributed by atoms with Gasteiger partial charge in [-0.3, -0.25) is 5.10 Å². The zero-order chi connectivity index (χ0) is 13.2. The van der Waals surface area contributed by atoms with Crippen LogP contribution in [0.15, 0.2) is 35.7 Å². The van der Waals surface area contributed by atoms with E-state index in [0.29, 0.717) is 0 Å². The third kappa shape index (κ3) is 2.65. The molecule has 1 aromatic carbocycles. The Balaban J connectivity index is 2.39. The number of nitrogens with zero attached hydrogens (tertiary/aromatic N) is 3. The molecule has 1 N–H and O–H groups in total. The maximum Gasteiger partial charge on any atom is 0.417 e. The number of H-pyrrole nitrogens is 1. The van der Waals surface area contributed by atoms with Crippen LogP contribution in [-0.4, -0.2) is 21.1 Å². The molecular weight excluding hydrogens is 265 g/mol. The summed E-state index contributed by atoms with van der Waals surface area (Å²) >= 11 is 4.82. The van der Waals surface area contributed by atoms with Crippen LogP contribution in [0.2, 0.25) is 0 Å². The average molecular weight is 272 g/mol. The Hall–Kier alpha value is -1.96. The molecule has 1 aromatic heterocycles. The van der Waals surface area contributed by atoms with Crippen molar-refractivity contribution >= 4 is 18.4 Å². The maximum absolute atomic E-state index is 12.7. The predicted octanol–water partition coefficient (Wildman–Crippen LogP) is 2.84. The second kappa shape index (κ2) is 4.73. The minimum Gasteiger partial charge on any atom is -0.250 e. The van der Waals surface area contributed by atoms with E-state index in [2.05, 4.69) is 15.3 Å². The Morgan fingerprint density at radius 1 is 1.33 bits per heavy atom. The standard InChI is InChI=1S/C10H7F3N4S/c11-10(12,13)8-4-2-1-3-7(8)5-15-17-6-14-16-9(17)18/h1-6H,(H,16,18). The van der Waals surface area contributed by atoms with E-state index >= 15 is 0 Å². The van der Waals surface area contributed by atoms with Crippen molar-refractivity contribution in [3.8, 4) is 0 Å². The van der Waals surface area contributed by atoms with Gasteiger partial charge in [0.15, 0.2) is 0 Å². The third-order valence-electron chi connectivity index (χ3n) is 2.12. The van der Waals surface area contributed by atoms with Gasteiger partial charge in [-0.2, -0.15) is 28.0 Å². The van der Waals surface area contributed by atoms with Gasteiger partial charge in [0, 0.05) is 5.56 Å². The van der Waals surface area contributed by atoms with E-state index in [1.807, 2.05) is 0 Å². The van der Waals surface area contributed by atoms with Gasteiger partial charge in [-0.1, -0.05) is 18.2 Å². The highest BCUT2D eigenvalue weighted by Gasteiger charge is 2.32. The van der Waals surface area contributed by atoms with Gasteiger partial charge < -0.3 is 0 Å². The second-order valence-corrected chi connectivity index (χ2v) is 3.72. The van der Waals surface area contributed by atoms with E-state index in [1.54, 1.807) is 0 Å². The molecule has 0 radical (unpaired) electrons. The van der Waals surface area contributed by atoms with Crippen molar-refractivity contribution in [1.82, 2.24) is 14.9 Å². The van der Waals surface area contributed by atoms with Gasteiger partial charge in [0.25, 0.3) is 0 Å². The number of hydrogen-bond donors (Lipinski definition) is 1. The molecule has 1 heterocycles. The maximum atomic E-state index is 12.7. The number of hydrogen-bond acceptors (Lipinski definition) is 3. The first-order chi connectivity index (χ1) is 8.48. The van der Waals surface area contributed by atoms with Crippen molar-refractivity contribution in [3.05, 3.63) is 46.5 Å². The summed E-state index contributed by atoms with van der Waals surface area (Å²) in [5.41, 5.74) is -0.781. The smallest absolute Gasteiger partial charge is 0.250 e. The summed E-state index contributed by atoms with van der Waals surface area (Å²) in [7, 11) is 0. The average Bonchev–Trinajstić information content (AvgIpc) is 2.71. The fraction of sp³-hybridized carbons (Fsp3) is 0.100. The Morgan fingerprint density at radius 2 is 2.06 bits per heavy atom. The summed E-state index contributed by atoms with van der Waals surface area (Å²) in [6.45, 7) is 0. The first-order valence-electron chi connectivity index (χ1n) is 4.81. The Labute approximate surface area is 105 Å². The summed E-state index contributed by atoms with van der Waals surface area (Å²) < 4.78 is 39.4. The number of alkyl halides is 3. The highest BCUT2D eigenvalue weighted by Crippen LogP contribution is 2.31. The molecule has 0 saturated heterocycles. The van der Waals surface area contributed by atoms with Crippen LogP contribution in [0.5, 0.6) is 0 Å². The predicted molar refractivity (Wildman–Crippen MR) is 61.8 cm³/mol. The Kier molecular flexibility index (Phi) is 3.28. The minimum absolute atomic E-state index is 0.0342. The van der Waals surface area contributed by atoms with Crippen LogP contribution in [0.25, 0.3) is 0 Å². The Morgan fingerprint density at radius 3 is 2.67 bits per heavy atom.